The fraction of sp³-hybridized carbons (Fsp3) is 0.529. The molecule has 0 unspecified atom stereocenters. The van der Waals surface area contributed by atoms with Gasteiger partial charge in [-0.2, -0.15) is 0 Å². The minimum atomic E-state index is -0.277. The number of hydrogen-bond donors (Lipinski definition) is 0. The van der Waals surface area contributed by atoms with Gasteiger partial charge in [-0.1, -0.05) is 31.4 Å². The minimum absolute atomic E-state index is 0.0109. The lowest BCUT2D eigenvalue weighted by atomic mass is 9.93. The lowest BCUT2D eigenvalue weighted by molar-refractivity contribution is -0.140. The van der Waals surface area contributed by atoms with Gasteiger partial charge in [0.05, 0.1) is 19.1 Å². The van der Waals surface area contributed by atoms with E-state index >= 15 is 0 Å². The number of carbonyl (C=O) groups excluding carboxylic acids is 2. The highest BCUT2D eigenvalue weighted by Gasteiger charge is 2.27. The molecule has 0 bridgehead atoms. The Kier molecular flexibility index (Phi) is 6.43. The third kappa shape index (κ3) is 4.32. The van der Waals surface area contributed by atoms with Crippen molar-refractivity contribution in [1.82, 2.24) is 4.90 Å². The zero-order valence-corrected chi connectivity index (χ0v) is 14.5. The molecular weight excluding hydrogens is 346 g/mol. The first kappa shape index (κ1) is 17.0. The van der Waals surface area contributed by atoms with Crippen molar-refractivity contribution in [2.45, 2.75) is 44.6 Å². The molecule has 1 aliphatic rings. The second-order valence-corrected chi connectivity index (χ2v) is 6.45. The van der Waals surface area contributed by atoms with Crippen molar-refractivity contribution in [2.24, 2.45) is 0 Å². The average Bonchev–Trinajstić information content (AvgIpc) is 2.56. The molecule has 120 valence electrons. The van der Waals surface area contributed by atoms with Gasteiger partial charge in [0.15, 0.2) is 0 Å². The molecular formula is C17H22BrNO3. The van der Waals surface area contributed by atoms with Gasteiger partial charge in [0, 0.05) is 17.1 Å². The summed E-state index contributed by atoms with van der Waals surface area (Å²) in [5.41, 5.74) is 0.651. The van der Waals surface area contributed by atoms with Gasteiger partial charge in [-0.3, -0.25) is 9.59 Å². The summed E-state index contributed by atoms with van der Waals surface area (Å²) in [6.45, 7) is 0.414. The summed E-state index contributed by atoms with van der Waals surface area (Å²) in [4.78, 5) is 26.2. The highest BCUT2D eigenvalue weighted by Crippen LogP contribution is 2.26. The molecule has 0 heterocycles. The quantitative estimate of drug-likeness (QED) is 0.743. The van der Waals surface area contributed by atoms with E-state index < -0.39 is 0 Å². The lowest BCUT2D eigenvalue weighted by Gasteiger charge is -2.34. The Morgan fingerprint density at radius 1 is 1.23 bits per heavy atom. The number of hydrogen-bond acceptors (Lipinski definition) is 3. The maximum Gasteiger partial charge on any atom is 0.307 e. The van der Waals surface area contributed by atoms with Gasteiger partial charge in [0.25, 0.3) is 5.91 Å². The van der Waals surface area contributed by atoms with Crippen molar-refractivity contribution < 1.29 is 14.3 Å². The van der Waals surface area contributed by atoms with Gasteiger partial charge in [-0.05, 0) is 40.9 Å². The molecule has 0 aliphatic heterocycles. The van der Waals surface area contributed by atoms with Gasteiger partial charge in [-0.15, -0.1) is 0 Å². The van der Waals surface area contributed by atoms with E-state index in [1.54, 1.807) is 0 Å². The van der Waals surface area contributed by atoms with Crippen LogP contribution in [0.5, 0.6) is 0 Å². The van der Waals surface area contributed by atoms with Crippen LogP contribution in [0.1, 0.15) is 48.9 Å². The first-order chi connectivity index (χ1) is 10.6. The van der Waals surface area contributed by atoms with Crippen LogP contribution in [0.4, 0.5) is 0 Å². The number of ether oxygens (including phenoxy) is 1. The molecule has 0 aromatic heterocycles. The summed E-state index contributed by atoms with van der Waals surface area (Å²) in [6, 6.07) is 7.66. The first-order valence-corrected chi connectivity index (χ1v) is 8.55. The molecule has 4 nitrogen and oxygen atoms in total. The second kappa shape index (κ2) is 8.32. The highest BCUT2D eigenvalue weighted by molar-refractivity contribution is 9.10. The van der Waals surface area contributed by atoms with E-state index in [0.29, 0.717) is 12.1 Å². The number of nitrogens with zero attached hydrogens (tertiary/aromatic N) is 1. The molecule has 0 saturated heterocycles. The number of halogens is 1. The van der Waals surface area contributed by atoms with Crippen LogP contribution in [0.2, 0.25) is 0 Å². The predicted octanol–water partition coefficient (Wildman–Crippen LogP) is 3.79. The molecule has 22 heavy (non-hydrogen) atoms. The van der Waals surface area contributed by atoms with Crippen molar-refractivity contribution in [1.29, 1.82) is 0 Å². The highest BCUT2D eigenvalue weighted by atomic mass is 79.9. The summed E-state index contributed by atoms with van der Waals surface area (Å²) in [6.07, 6.45) is 5.77. The Bertz CT molecular complexity index is 526. The van der Waals surface area contributed by atoms with Gasteiger partial charge in [0.1, 0.15) is 0 Å². The maximum absolute atomic E-state index is 12.9. The van der Waals surface area contributed by atoms with Crippen molar-refractivity contribution in [3.05, 3.63) is 34.3 Å². The molecule has 1 fully saturated rings. The largest absolute Gasteiger partial charge is 0.469 e. The number of rotatable bonds is 5. The second-order valence-electron chi connectivity index (χ2n) is 5.60. The Labute approximate surface area is 140 Å². The van der Waals surface area contributed by atoms with E-state index in [0.717, 1.165) is 30.2 Å². The SMILES string of the molecule is COC(=O)CCN(C(=O)c1ccccc1Br)C1CCCCC1. The summed E-state index contributed by atoms with van der Waals surface area (Å²) < 4.78 is 5.50. The summed E-state index contributed by atoms with van der Waals surface area (Å²) in [5, 5.41) is 0. The lowest BCUT2D eigenvalue weighted by Crippen LogP contribution is -2.42. The first-order valence-electron chi connectivity index (χ1n) is 7.76. The Hall–Kier alpha value is -1.36. The zero-order chi connectivity index (χ0) is 15.9. The molecule has 1 saturated carbocycles. The Morgan fingerprint density at radius 2 is 1.91 bits per heavy atom. The smallest absolute Gasteiger partial charge is 0.307 e. The van der Waals surface area contributed by atoms with E-state index in [9.17, 15) is 9.59 Å². The van der Waals surface area contributed by atoms with Crippen LogP contribution < -0.4 is 0 Å². The number of amides is 1. The molecule has 0 N–H and O–H groups in total. The topological polar surface area (TPSA) is 46.6 Å². The average molecular weight is 368 g/mol. The normalized spacial score (nSPS) is 15.4. The van der Waals surface area contributed by atoms with Gasteiger partial charge in [0.2, 0.25) is 0 Å². The van der Waals surface area contributed by atoms with Crippen LogP contribution in [0.3, 0.4) is 0 Å². The van der Waals surface area contributed by atoms with E-state index in [1.165, 1.54) is 13.5 Å². The monoisotopic (exact) mass is 367 g/mol. The van der Waals surface area contributed by atoms with Crippen molar-refractivity contribution in [2.75, 3.05) is 13.7 Å². The van der Waals surface area contributed by atoms with E-state index in [1.807, 2.05) is 29.2 Å². The third-order valence-corrected chi connectivity index (χ3v) is 4.86. The summed E-state index contributed by atoms with van der Waals surface area (Å²) in [7, 11) is 1.38. The summed E-state index contributed by atoms with van der Waals surface area (Å²) >= 11 is 3.44. The third-order valence-electron chi connectivity index (χ3n) is 4.17. The van der Waals surface area contributed by atoms with Crippen molar-refractivity contribution >= 4 is 27.8 Å². The van der Waals surface area contributed by atoms with Crippen LogP contribution in [0, 0.1) is 0 Å². The molecule has 0 radical (unpaired) electrons. The zero-order valence-electron chi connectivity index (χ0n) is 12.9. The fourth-order valence-corrected chi connectivity index (χ4v) is 3.40. The molecule has 1 aliphatic carbocycles. The minimum Gasteiger partial charge on any atom is -0.469 e. The van der Waals surface area contributed by atoms with Gasteiger partial charge in [-0.25, -0.2) is 0 Å². The molecule has 0 spiro atoms. The van der Waals surface area contributed by atoms with Crippen LogP contribution in [-0.4, -0.2) is 36.5 Å². The molecule has 0 atom stereocenters. The number of esters is 1. The van der Waals surface area contributed by atoms with E-state index in [-0.39, 0.29) is 24.3 Å². The van der Waals surface area contributed by atoms with Gasteiger partial charge >= 0.3 is 5.97 Å². The van der Waals surface area contributed by atoms with E-state index in [2.05, 4.69) is 15.9 Å². The van der Waals surface area contributed by atoms with Crippen molar-refractivity contribution in [3.63, 3.8) is 0 Å². The predicted molar refractivity (Wildman–Crippen MR) is 88.7 cm³/mol. The molecule has 1 aromatic carbocycles. The fourth-order valence-electron chi connectivity index (χ4n) is 2.95. The molecule has 5 heteroatoms. The maximum atomic E-state index is 12.9. The number of methoxy groups -OCH3 is 1. The van der Waals surface area contributed by atoms with Crippen LogP contribution in [-0.2, 0) is 9.53 Å². The van der Waals surface area contributed by atoms with Crippen molar-refractivity contribution in [3.8, 4) is 0 Å². The Morgan fingerprint density at radius 3 is 2.55 bits per heavy atom. The van der Waals surface area contributed by atoms with Crippen LogP contribution in [0.15, 0.2) is 28.7 Å². The molecule has 2 rings (SSSR count). The number of benzene rings is 1. The van der Waals surface area contributed by atoms with Crippen LogP contribution >= 0.6 is 15.9 Å². The van der Waals surface area contributed by atoms with Gasteiger partial charge < -0.3 is 9.64 Å². The van der Waals surface area contributed by atoms with E-state index in [4.69, 9.17) is 4.74 Å². The molecule has 1 amide bonds. The number of carbonyl (C=O) groups is 2. The standard InChI is InChI=1S/C17H22BrNO3/c1-22-16(20)11-12-19(13-7-3-2-4-8-13)17(21)14-9-5-6-10-15(14)18/h5-6,9-10,13H,2-4,7-8,11-12H2,1H3. The summed E-state index contributed by atoms with van der Waals surface area (Å²) in [5.74, 6) is -0.288. The Balaban J connectivity index is 2.16. The molecule has 1 aromatic rings. The van der Waals surface area contributed by atoms with Crippen LogP contribution in [0.25, 0.3) is 0 Å².